The van der Waals surface area contributed by atoms with Crippen LogP contribution in [-0.4, -0.2) is 18.1 Å². The summed E-state index contributed by atoms with van der Waals surface area (Å²) in [4.78, 5) is 6.81. The minimum atomic E-state index is 0.527. The summed E-state index contributed by atoms with van der Waals surface area (Å²) in [5.41, 5.74) is 6.89. The van der Waals surface area contributed by atoms with Gasteiger partial charge in [0.1, 0.15) is 5.82 Å². The predicted octanol–water partition coefficient (Wildman–Crippen LogP) is 3.18. The maximum atomic E-state index is 5.79. The molecule has 1 aromatic rings. The van der Waals surface area contributed by atoms with E-state index in [2.05, 4.69) is 52.7 Å². The van der Waals surface area contributed by atoms with Gasteiger partial charge in [-0.25, -0.2) is 4.98 Å². The summed E-state index contributed by atoms with van der Waals surface area (Å²) < 4.78 is 0.987. The topological polar surface area (TPSA) is 42.2 Å². The Bertz CT molecular complexity index is 355. The number of rotatable bonds is 6. The first-order chi connectivity index (χ1) is 8.12. The molecule has 3 nitrogen and oxygen atoms in total. The molecule has 1 atom stereocenters. The molecule has 1 rings (SSSR count). The molecule has 0 radical (unpaired) electrons. The Morgan fingerprint density at radius 2 is 2.18 bits per heavy atom. The maximum Gasteiger partial charge on any atom is 0.133 e. The van der Waals surface area contributed by atoms with Gasteiger partial charge >= 0.3 is 0 Å². The largest absolute Gasteiger partial charge is 0.356 e. The maximum absolute atomic E-state index is 5.79. The van der Waals surface area contributed by atoms with Gasteiger partial charge in [0.05, 0.1) is 0 Å². The van der Waals surface area contributed by atoms with Gasteiger partial charge in [0.2, 0.25) is 0 Å². The van der Waals surface area contributed by atoms with E-state index in [0.717, 1.165) is 28.9 Å². The predicted molar refractivity (Wildman–Crippen MR) is 77.2 cm³/mol. The number of pyridine rings is 1. The van der Waals surface area contributed by atoms with Crippen molar-refractivity contribution in [1.29, 1.82) is 0 Å². The Hall–Kier alpha value is -0.610. The highest BCUT2D eigenvalue weighted by molar-refractivity contribution is 9.10. The van der Waals surface area contributed by atoms with E-state index >= 15 is 0 Å². The smallest absolute Gasteiger partial charge is 0.133 e. The standard InChI is InChI=1S/C13H22BrN3/c1-4-10(3)9-17(5-2)13-11(7-15)6-12(14)8-16-13/h6,8,10H,4-5,7,9,15H2,1-3H3. The molecule has 0 amide bonds. The summed E-state index contributed by atoms with van der Waals surface area (Å²) in [6.45, 7) is 9.17. The average Bonchev–Trinajstić information content (AvgIpc) is 2.35. The zero-order valence-corrected chi connectivity index (χ0v) is 12.5. The van der Waals surface area contributed by atoms with Gasteiger partial charge in [-0.3, -0.25) is 0 Å². The summed E-state index contributed by atoms with van der Waals surface area (Å²) in [6.07, 6.45) is 3.03. The fraction of sp³-hybridized carbons (Fsp3) is 0.615. The zero-order valence-electron chi connectivity index (χ0n) is 10.9. The van der Waals surface area contributed by atoms with Gasteiger partial charge in [0.25, 0.3) is 0 Å². The number of aromatic nitrogens is 1. The van der Waals surface area contributed by atoms with Crippen LogP contribution in [0.1, 0.15) is 32.8 Å². The van der Waals surface area contributed by atoms with Crippen molar-refractivity contribution in [3.63, 3.8) is 0 Å². The van der Waals surface area contributed by atoms with E-state index in [9.17, 15) is 0 Å². The summed E-state index contributed by atoms with van der Waals surface area (Å²) >= 11 is 3.44. The van der Waals surface area contributed by atoms with Crippen molar-refractivity contribution >= 4 is 21.7 Å². The molecule has 17 heavy (non-hydrogen) atoms. The van der Waals surface area contributed by atoms with Crippen molar-refractivity contribution < 1.29 is 0 Å². The second-order valence-electron chi connectivity index (χ2n) is 4.39. The summed E-state index contributed by atoms with van der Waals surface area (Å²) in [5, 5.41) is 0. The molecule has 1 unspecified atom stereocenters. The molecule has 0 saturated carbocycles. The van der Waals surface area contributed by atoms with Crippen molar-refractivity contribution in [2.75, 3.05) is 18.0 Å². The third-order valence-electron chi connectivity index (χ3n) is 3.04. The molecule has 0 saturated heterocycles. The average molecular weight is 300 g/mol. The van der Waals surface area contributed by atoms with Gasteiger partial charge in [0.15, 0.2) is 0 Å². The highest BCUT2D eigenvalue weighted by Crippen LogP contribution is 2.22. The first kappa shape index (κ1) is 14.5. The third-order valence-corrected chi connectivity index (χ3v) is 3.47. The lowest BCUT2D eigenvalue weighted by atomic mass is 10.1. The Morgan fingerprint density at radius 3 is 2.71 bits per heavy atom. The molecule has 1 aromatic heterocycles. The van der Waals surface area contributed by atoms with E-state index in [0.29, 0.717) is 12.5 Å². The lowest BCUT2D eigenvalue weighted by Crippen LogP contribution is -2.30. The molecular formula is C13H22BrN3. The van der Waals surface area contributed by atoms with Crippen molar-refractivity contribution in [2.45, 2.75) is 33.7 Å². The van der Waals surface area contributed by atoms with Crippen LogP contribution >= 0.6 is 15.9 Å². The minimum Gasteiger partial charge on any atom is -0.356 e. The van der Waals surface area contributed by atoms with Crippen LogP contribution in [0.5, 0.6) is 0 Å². The van der Waals surface area contributed by atoms with E-state index in [1.54, 1.807) is 0 Å². The fourth-order valence-corrected chi connectivity index (χ4v) is 2.16. The van der Waals surface area contributed by atoms with E-state index in [4.69, 9.17) is 5.73 Å². The van der Waals surface area contributed by atoms with Crippen LogP contribution in [0.25, 0.3) is 0 Å². The number of hydrogen-bond donors (Lipinski definition) is 1. The van der Waals surface area contributed by atoms with Crippen LogP contribution in [0, 0.1) is 5.92 Å². The second-order valence-corrected chi connectivity index (χ2v) is 5.31. The molecule has 0 spiro atoms. The van der Waals surface area contributed by atoms with E-state index in [1.165, 1.54) is 6.42 Å². The Morgan fingerprint density at radius 1 is 1.47 bits per heavy atom. The quantitative estimate of drug-likeness (QED) is 0.877. The van der Waals surface area contributed by atoms with E-state index in [1.807, 2.05) is 6.20 Å². The third kappa shape index (κ3) is 3.96. The lowest BCUT2D eigenvalue weighted by Gasteiger charge is -2.27. The van der Waals surface area contributed by atoms with Crippen LogP contribution in [-0.2, 0) is 6.54 Å². The molecule has 0 aliphatic carbocycles. The van der Waals surface area contributed by atoms with Crippen LogP contribution in [0.2, 0.25) is 0 Å². The SMILES string of the molecule is CCC(C)CN(CC)c1ncc(Br)cc1CN. The van der Waals surface area contributed by atoms with Gasteiger partial charge in [-0.05, 0) is 34.8 Å². The number of halogens is 1. The molecule has 0 fully saturated rings. The lowest BCUT2D eigenvalue weighted by molar-refractivity contribution is 0.544. The Kier molecular flexibility index (Phi) is 5.92. The molecule has 4 heteroatoms. The molecule has 0 aliphatic rings. The molecule has 1 heterocycles. The van der Waals surface area contributed by atoms with Gasteiger partial charge in [-0.15, -0.1) is 0 Å². The normalized spacial score (nSPS) is 12.5. The van der Waals surface area contributed by atoms with Crippen LogP contribution < -0.4 is 10.6 Å². The van der Waals surface area contributed by atoms with Gasteiger partial charge in [-0.2, -0.15) is 0 Å². The monoisotopic (exact) mass is 299 g/mol. The molecule has 0 bridgehead atoms. The number of anilines is 1. The van der Waals surface area contributed by atoms with Gasteiger partial charge < -0.3 is 10.6 Å². The number of hydrogen-bond acceptors (Lipinski definition) is 3. The van der Waals surface area contributed by atoms with Gasteiger partial charge in [-0.1, -0.05) is 20.3 Å². The zero-order chi connectivity index (χ0) is 12.8. The van der Waals surface area contributed by atoms with Gasteiger partial charge in [0, 0.05) is 35.9 Å². The van der Waals surface area contributed by atoms with Crippen molar-refractivity contribution in [3.8, 4) is 0 Å². The number of nitrogens with zero attached hydrogens (tertiary/aromatic N) is 2. The van der Waals surface area contributed by atoms with Crippen molar-refractivity contribution in [1.82, 2.24) is 4.98 Å². The van der Waals surface area contributed by atoms with Crippen molar-refractivity contribution in [2.24, 2.45) is 11.7 Å². The first-order valence-corrected chi connectivity index (χ1v) is 7.01. The molecule has 96 valence electrons. The van der Waals surface area contributed by atoms with Crippen LogP contribution in [0.4, 0.5) is 5.82 Å². The first-order valence-electron chi connectivity index (χ1n) is 6.21. The Balaban J connectivity index is 2.94. The molecule has 0 aromatic carbocycles. The summed E-state index contributed by atoms with van der Waals surface area (Å²) in [5.74, 6) is 1.70. The highest BCUT2D eigenvalue weighted by Gasteiger charge is 2.13. The summed E-state index contributed by atoms with van der Waals surface area (Å²) in [6, 6.07) is 2.06. The molecular weight excluding hydrogens is 278 g/mol. The number of nitrogens with two attached hydrogens (primary N) is 1. The Labute approximate surface area is 113 Å². The van der Waals surface area contributed by atoms with Crippen molar-refractivity contribution in [3.05, 3.63) is 22.3 Å². The fourth-order valence-electron chi connectivity index (χ4n) is 1.78. The molecule has 0 aliphatic heterocycles. The van der Waals surface area contributed by atoms with Crippen LogP contribution in [0.15, 0.2) is 16.7 Å². The highest BCUT2D eigenvalue weighted by atomic mass is 79.9. The second kappa shape index (κ2) is 6.97. The minimum absolute atomic E-state index is 0.527. The summed E-state index contributed by atoms with van der Waals surface area (Å²) in [7, 11) is 0. The van der Waals surface area contributed by atoms with E-state index in [-0.39, 0.29) is 0 Å². The molecule has 2 N–H and O–H groups in total. The van der Waals surface area contributed by atoms with E-state index < -0.39 is 0 Å². The van der Waals surface area contributed by atoms with Crippen LogP contribution in [0.3, 0.4) is 0 Å².